The molecule has 0 amide bonds. The van der Waals surface area contributed by atoms with Crippen molar-refractivity contribution in [3.63, 3.8) is 0 Å². The second kappa shape index (κ2) is 5.67. The van der Waals surface area contributed by atoms with Crippen LogP contribution in [0.25, 0.3) is 10.8 Å². The Morgan fingerprint density at radius 1 is 1.40 bits per heavy atom. The van der Waals surface area contributed by atoms with Crippen LogP contribution in [0.4, 0.5) is 5.82 Å². The monoisotopic (exact) mass is 271 g/mol. The highest BCUT2D eigenvalue weighted by Crippen LogP contribution is 2.32. The maximum absolute atomic E-state index is 5.36. The van der Waals surface area contributed by atoms with E-state index in [1.807, 2.05) is 19.3 Å². The van der Waals surface area contributed by atoms with Gasteiger partial charge >= 0.3 is 0 Å². The van der Waals surface area contributed by atoms with Crippen LogP contribution in [0.2, 0.25) is 0 Å². The number of anilines is 1. The molecule has 1 aromatic heterocycles. The van der Waals surface area contributed by atoms with E-state index in [0.717, 1.165) is 24.7 Å². The zero-order valence-corrected chi connectivity index (χ0v) is 12.1. The first-order chi connectivity index (χ1) is 9.83. The molecule has 0 aliphatic carbocycles. The normalized spacial score (nSPS) is 18.7. The van der Waals surface area contributed by atoms with Gasteiger partial charge in [0.05, 0.1) is 7.11 Å². The van der Waals surface area contributed by atoms with E-state index in [4.69, 9.17) is 4.74 Å². The van der Waals surface area contributed by atoms with Gasteiger partial charge in [-0.25, -0.2) is 4.98 Å². The number of nitrogens with zero attached hydrogens (tertiary/aromatic N) is 2. The molecule has 1 fully saturated rings. The summed E-state index contributed by atoms with van der Waals surface area (Å²) in [4.78, 5) is 7.07. The topological polar surface area (TPSA) is 37.4 Å². The molecular weight excluding hydrogens is 250 g/mol. The molecule has 2 aromatic rings. The number of fused-ring (bicyclic) bond motifs is 1. The van der Waals surface area contributed by atoms with Crippen molar-refractivity contribution in [1.29, 1.82) is 0 Å². The Morgan fingerprint density at radius 2 is 2.30 bits per heavy atom. The summed E-state index contributed by atoms with van der Waals surface area (Å²) in [6, 6.07) is 8.78. The minimum absolute atomic E-state index is 0.532. The fraction of sp³-hybridized carbons (Fsp3) is 0.438. The first-order valence-corrected chi connectivity index (χ1v) is 7.17. The number of methoxy groups -OCH3 is 1. The summed E-state index contributed by atoms with van der Waals surface area (Å²) in [5.74, 6) is 1.97. The molecule has 0 saturated carbocycles. The third kappa shape index (κ3) is 2.31. The van der Waals surface area contributed by atoms with Gasteiger partial charge in [-0.1, -0.05) is 6.07 Å². The Labute approximate surface area is 119 Å². The van der Waals surface area contributed by atoms with Crippen LogP contribution in [0.3, 0.4) is 0 Å². The first-order valence-electron chi connectivity index (χ1n) is 7.17. The number of benzene rings is 1. The second-order valence-corrected chi connectivity index (χ2v) is 5.27. The summed E-state index contributed by atoms with van der Waals surface area (Å²) < 4.78 is 5.36. The Balaban J connectivity index is 2.05. The molecule has 3 rings (SSSR count). The highest BCUT2D eigenvalue weighted by molar-refractivity contribution is 5.93. The van der Waals surface area contributed by atoms with Gasteiger partial charge < -0.3 is 15.0 Å². The molecule has 1 N–H and O–H groups in total. The van der Waals surface area contributed by atoms with E-state index < -0.39 is 0 Å². The van der Waals surface area contributed by atoms with Crippen LogP contribution < -0.4 is 15.0 Å². The number of likely N-dealkylation sites (N-methyl/N-ethyl adjacent to an activating group) is 1. The lowest BCUT2D eigenvalue weighted by molar-refractivity contribution is 0.415. The third-order valence-corrected chi connectivity index (χ3v) is 4.04. The van der Waals surface area contributed by atoms with E-state index >= 15 is 0 Å². The van der Waals surface area contributed by atoms with Gasteiger partial charge in [-0.2, -0.15) is 0 Å². The largest absolute Gasteiger partial charge is 0.497 e. The molecule has 4 heteroatoms. The van der Waals surface area contributed by atoms with Crippen LogP contribution >= 0.6 is 0 Å². The molecule has 1 aliphatic heterocycles. The highest BCUT2D eigenvalue weighted by atomic mass is 16.5. The molecule has 4 nitrogen and oxygen atoms in total. The molecule has 1 atom stereocenters. The molecule has 20 heavy (non-hydrogen) atoms. The number of aromatic nitrogens is 1. The van der Waals surface area contributed by atoms with Gasteiger partial charge in [0.2, 0.25) is 0 Å². The maximum Gasteiger partial charge on any atom is 0.136 e. The van der Waals surface area contributed by atoms with E-state index in [0.29, 0.717) is 6.04 Å². The van der Waals surface area contributed by atoms with Gasteiger partial charge in [-0.15, -0.1) is 0 Å². The fourth-order valence-electron chi connectivity index (χ4n) is 3.05. The van der Waals surface area contributed by atoms with Crippen LogP contribution in [0.1, 0.15) is 12.8 Å². The van der Waals surface area contributed by atoms with Crippen molar-refractivity contribution in [2.75, 3.05) is 32.1 Å². The van der Waals surface area contributed by atoms with Crippen molar-refractivity contribution in [2.45, 2.75) is 18.9 Å². The summed E-state index contributed by atoms with van der Waals surface area (Å²) in [7, 11) is 3.72. The molecule has 1 aromatic carbocycles. The van der Waals surface area contributed by atoms with E-state index in [1.165, 1.54) is 23.6 Å². The summed E-state index contributed by atoms with van der Waals surface area (Å²) in [5.41, 5.74) is 0. The van der Waals surface area contributed by atoms with Crippen LogP contribution in [-0.2, 0) is 0 Å². The Bertz CT molecular complexity index is 599. The lowest BCUT2D eigenvalue weighted by Gasteiger charge is -2.26. The molecule has 1 saturated heterocycles. The Hall–Kier alpha value is -1.81. The van der Waals surface area contributed by atoms with Crippen molar-refractivity contribution < 1.29 is 4.74 Å². The number of ether oxygens (including phenoxy) is 1. The maximum atomic E-state index is 5.36. The number of hydrogen-bond donors (Lipinski definition) is 1. The van der Waals surface area contributed by atoms with Gasteiger partial charge in [-0.05, 0) is 43.5 Å². The predicted octanol–water partition coefficient (Wildman–Crippen LogP) is 2.43. The quantitative estimate of drug-likeness (QED) is 0.927. The smallest absolute Gasteiger partial charge is 0.136 e. The van der Waals surface area contributed by atoms with Gasteiger partial charge in [0, 0.05) is 30.7 Å². The Kier molecular flexibility index (Phi) is 3.74. The molecular formula is C16H21N3O. The predicted molar refractivity (Wildman–Crippen MR) is 82.6 cm³/mol. The van der Waals surface area contributed by atoms with Crippen molar-refractivity contribution >= 4 is 16.6 Å². The summed E-state index contributed by atoms with van der Waals surface area (Å²) >= 11 is 0. The second-order valence-electron chi connectivity index (χ2n) is 5.27. The number of hydrogen-bond acceptors (Lipinski definition) is 4. The SMILES string of the molecule is CNCC1CCCN1c1nccc2ccc(OC)cc12. The number of rotatable bonds is 4. The standard InChI is InChI=1S/C16H21N3O/c1-17-11-13-4-3-9-19(13)16-15-10-14(20-2)6-5-12(15)7-8-18-16/h5-8,10,13,17H,3-4,9,11H2,1-2H3. The molecule has 0 spiro atoms. The first kappa shape index (κ1) is 13.2. The van der Waals surface area contributed by atoms with E-state index in [9.17, 15) is 0 Å². The molecule has 0 bridgehead atoms. The van der Waals surface area contributed by atoms with Crippen LogP contribution in [0.5, 0.6) is 5.75 Å². The molecule has 106 valence electrons. The van der Waals surface area contributed by atoms with Crippen LogP contribution in [-0.4, -0.2) is 38.3 Å². The zero-order chi connectivity index (χ0) is 13.9. The minimum atomic E-state index is 0.532. The lowest BCUT2D eigenvalue weighted by Crippen LogP contribution is -2.37. The fourth-order valence-corrected chi connectivity index (χ4v) is 3.05. The lowest BCUT2D eigenvalue weighted by atomic mass is 10.1. The van der Waals surface area contributed by atoms with E-state index in [-0.39, 0.29) is 0 Å². The van der Waals surface area contributed by atoms with Gasteiger partial charge in [-0.3, -0.25) is 0 Å². The average Bonchev–Trinajstić information content (AvgIpc) is 2.94. The number of nitrogens with one attached hydrogen (secondary N) is 1. The van der Waals surface area contributed by atoms with Crippen molar-refractivity contribution in [1.82, 2.24) is 10.3 Å². The van der Waals surface area contributed by atoms with Crippen molar-refractivity contribution in [3.05, 3.63) is 30.5 Å². The van der Waals surface area contributed by atoms with E-state index in [2.05, 4.69) is 33.4 Å². The Morgan fingerprint density at radius 3 is 3.10 bits per heavy atom. The zero-order valence-electron chi connectivity index (χ0n) is 12.1. The third-order valence-electron chi connectivity index (χ3n) is 4.04. The van der Waals surface area contributed by atoms with Crippen LogP contribution in [0.15, 0.2) is 30.5 Å². The minimum Gasteiger partial charge on any atom is -0.497 e. The summed E-state index contributed by atoms with van der Waals surface area (Å²) in [5, 5.41) is 5.68. The van der Waals surface area contributed by atoms with Crippen LogP contribution in [0, 0.1) is 0 Å². The van der Waals surface area contributed by atoms with E-state index in [1.54, 1.807) is 7.11 Å². The average molecular weight is 271 g/mol. The van der Waals surface area contributed by atoms with Gasteiger partial charge in [0.15, 0.2) is 0 Å². The van der Waals surface area contributed by atoms with Gasteiger partial charge in [0.1, 0.15) is 11.6 Å². The van der Waals surface area contributed by atoms with Crippen molar-refractivity contribution in [2.24, 2.45) is 0 Å². The number of pyridine rings is 1. The summed E-state index contributed by atoms with van der Waals surface area (Å²) in [6.45, 7) is 2.08. The molecule has 0 radical (unpaired) electrons. The molecule has 1 unspecified atom stereocenters. The van der Waals surface area contributed by atoms with Gasteiger partial charge in [0.25, 0.3) is 0 Å². The molecule has 2 heterocycles. The highest BCUT2D eigenvalue weighted by Gasteiger charge is 2.26. The molecule has 1 aliphatic rings. The summed E-state index contributed by atoms with van der Waals surface area (Å²) in [6.07, 6.45) is 4.36. The van der Waals surface area contributed by atoms with Crippen molar-refractivity contribution in [3.8, 4) is 5.75 Å².